The predicted molar refractivity (Wildman–Crippen MR) is 229 cm³/mol. The van der Waals surface area contributed by atoms with Crippen molar-refractivity contribution in [2.24, 2.45) is 0 Å². The van der Waals surface area contributed by atoms with Gasteiger partial charge in [-0.05, 0) is 191 Å². The van der Waals surface area contributed by atoms with Gasteiger partial charge in [-0.2, -0.15) is 0 Å². The van der Waals surface area contributed by atoms with Gasteiger partial charge >= 0.3 is 0 Å². The number of imidazole rings is 3. The molecule has 0 aliphatic heterocycles. The highest BCUT2D eigenvalue weighted by molar-refractivity contribution is 9.16. The molecule has 0 radical (unpaired) electrons. The summed E-state index contributed by atoms with van der Waals surface area (Å²) >= 11 is 41.9. The Balaban J connectivity index is 0.000000154. The summed E-state index contributed by atoms with van der Waals surface area (Å²) < 4.78 is 11.1. The van der Waals surface area contributed by atoms with E-state index in [1.165, 1.54) is 0 Å². The summed E-state index contributed by atoms with van der Waals surface area (Å²) in [7, 11) is 5.72. The van der Waals surface area contributed by atoms with Crippen LogP contribution >= 0.6 is 191 Å². The number of halogens is 12. The van der Waals surface area contributed by atoms with E-state index >= 15 is 0 Å². The number of H-pyrrole nitrogens is 3. The quantitative estimate of drug-likeness (QED) is 0.0868. The zero-order chi connectivity index (χ0) is 33.7. The fourth-order valence-corrected chi connectivity index (χ4v) is 10.5. The maximum Gasteiger partial charge on any atom is 0.203 e. The second kappa shape index (κ2) is 16.1. The Bertz CT molecular complexity index is 1950. The van der Waals surface area contributed by atoms with E-state index in [0.717, 1.165) is 98.7 Å². The second-order valence-electron chi connectivity index (χ2n) is 8.85. The van der Waals surface area contributed by atoms with Gasteiger partial charge in [0.15, 0.2) is 5.95 Å². The molecule has 0 atom stereocenters. The van der Waals surface area contributed by atoms with E-state index in [-0.39, 0.29) is 0 Å². The van der Waals surface area contributed by atoms with E-state index in [4.69, 9.17) is 5.73 Å². The third-order valence-corrected chi connectivity index (χ3v) is 20.0. The minimum absolute atomic E-state index is 0.395. The fourth-order valence-electron chi connectivity index (χ4n) is 3.63. The molecule has 6 N–H and O–H groups in total. The van der Waals surface area contributed by atoms with Crippen molar-refractivity contribution in [2.75, 3.05) is 37.1 Å². The first-order valence-electron chi connectivity index (χ1n) is 11.8. The Kier molecular flexibility index (Phi) is 13.9. The molecule has 45 heavy (non-hydrogen) atoms. The van der Waals surface area contributed by atoms with Crippen LogP contribution in [0.4, 0.5) is 17.8 Å². The monoisotopic (exact) mass is 1380 g/mol. The summed E-state index contributed by atoms with van der Waals surface area (Å²) in [6, 6.07) is 0. The molecule has 9 nitrogen and oxygen atoms in total. The van der Waals surface area contributed by atoms with Gasteiger partial charge in [-0.25, -0.2) is 15.0 Å². The van der Waals surface area contributed by atoms with Gasteiger partial charge in [0.25, 0.3) is 0 Å². The van der Waals surface area contributed by atoms with Crippen LogP contribution in [0.25, 0.3) is 33.1 Å². The molecular weight excluding hydrogens is 1370 g/mol. The Labute approximate surface area is 357 Å². The van der Waals surface area contributed by atoms with E-state index in [1.54, 1.807) is 0 Å². The third-order valence-electron chi connectivity index (χ3n) is 5.79. The molecule has 6 rings (SSSR count). The average Bonchev–Trinajstić information content (AvgIpc) is 3.76. The number of nitrogen functional groups attached to an aromatic ring is 1. The molecule has 0 fully saturated rings. The first kappa shape index (κ1) is 39.0. The molecule has 0 aliphatic rings. The number of aromatic amines is 3. The summed E-state index contributed by atoms with van der Waals surface area (Å²) in [4.78, 5) is 24.4. The van der Waals surface area contributed by atoms with Crippen LogP contribution in [0.3, 0.4) is 0 Å². The number of nitrogens with one attached hydrogen (secondary N) is 4. The summed E-state index contributed by atoms with van der Waals surface area (Å²) in [5, 5.41) is 2.97. The molecule has 3 heterocycles. The lowest BCUT2D eigenvalue weighted by Gasteiger charge is -2.05. The van der Waals surface area contributed by atoms with E-state index in [2.05, 4.69) is 226 Å². The van der Waals surface area contributed by atoms with E-state index in [0.29, 0.717) is 5.95 Å². The highest BCUT2D eigenvalue weighted by Crippen LogP contribution is 2.45. The molecule has 0 bridgehead atoms. The number of hydrogen-bond donors (Lipinski definition) is 5. The Hall–Kier alpha value is 1.23. The summed E-state index contributed by atoms with van der Waals surface area (Å²) in [6.07, 6.45) is 0. The number of aromatic nitrogens is 6. The van der Waals surface area contributed by atoms with Crippen molar-refractivity contribution < 1.29 is 0 Å². The normalized spacial score (nSPS) is 11.1. The van der Waals surface area contributed by atoms with Crippen LogP contribution in [-0.4, -0.2) is 51.0 Å². The standard InChI is InChI=1S/C9H7Br4N3.C8H5Br4N3.C7H3Br4N3/c1-16(2)9-14-7-5(12)3(10)4(11)6(13)8(7)15-9;1-13-8-14-6-4(11)2(9)3(10)5(12)7(6)15-8;8-1-2(9)4(11)6-5(3(1)10)13-7(12)14-6/h1-2H3,(H,14,15);1H3,(H2,13,14,15);(H3,12,13,14). The average molecular weight is 1390 g/mol. The molecule has 21 heteroatoms. The first-order chi connectivity index (χ1) is 21.0. The van der Waals surface area contributed by atoms with Gasteiger partial charge in [-0.15, -0.1) is 0 Å². The van der Waals surface area contributed by atoms with Crippen LogP contribution in [-0.2, 0) is 0 Å². The van der Waals surface area contributed by atoms with Crippen LogP contribution in [0, 0.1) is 0 Å². The highest BCUT2D eigenvalue weighted by Gasteiger charge is 2.19. The summed E-state index contributed by atoms with van der Waals surface area (Å²) in [5.41, 5.74) is 10.9. The zero-order valence-electron chi connectivity index (χ0n) is 22.4. The molecular formula is C24H15Br12N9. The smallest absolute Gasteiger partial charge is 0.203 e. The number of rotatable bonds is 2. The SMILES string of the molecule is CN(C)c1nc2c(Br)c(Br)c(Br)c(Br)c2[nH]1.CNc1nc2c(Br)c(Br)c(Br)c(Br)c2[nH]1.Nc1nc2c(Br)c(Br)c(Br)c(Br)c2[nH]1. The van der Waals surface area contributed by atoms with Crippen LogP contribution in [0.2, 0.25) is 0 Å². The molecule has 240 valence electrons. The molecule has 0 saturated carbocycles. The van der Waals surface area contributed by atoms with Crippen LogP contribution in [0.5, 0.6) is 0 Å². The molecule has 0 aliphatic carbocycles. The van der Waals surface area contributed by atoms with Crippen LogP contribution < -0.4 is 16.0 Å². The fraction of sp³-hybridized carbons (Fsp3) is 0.125. The van der Waals surface area contributed by atoms with Crippen LogP contribution in [0.15, 0.2) is 53.7 Å². The molecule has 3 aromatic heterocycles. The third kappa shape index (κ3) is 7.93. The van der Waals surface area contributed by atoms with Gasteiger partial charge in [0.2, 0.25) is 11.9 Å². The minimum atomic E-state index is 0.395. The molecule has 0 spiro atoms. The number of benzene rings is 3. The molecule has 6 aromatic rings. The maximum absolute atomic E-state index is 5.59. The first-order valence-corrected chi connectivity index (χ1v) is 21.3. The number of fused-ring (bicyclic) bond motifs is 3. The number of hydrogen-bond acceptors (Lipinski definition) is 6. The van der Waals surface area contributed by atoms with Crippen molar-refractivity contribution >= 4 is 242 Å². The largest absolute Gasteiger partial charge is 0.369 e. The van der Waals surface area contributed by atoms with Crippen LogP contribution in [0.1, 0.15) is 0 Å². The van der Waals surface area contributed by atoms with Gasteiger partial charge in [0.1, 0.15) is 16.6 Å². The topological polar surface area (TPSA) is 127 Å². The Morgan fingerprint density at radius 2 is 0.844 bits per heavy atom. The van der Waals surface area contributed by atoms with Crippen molar-refractivity contribution in [1.82, 2.24) is 29.9 Å². The van der Waals surface area contributed by atoms with Gasteiger partial charge in [0, 0.05) is 48.0 Å². The van der Waals surface area contributed by atoms with Crippen molar-refractivity contribution in [2.45, 2.75) is 0 Å². The Morgan fingerprint density at radius 1 is 0.489 bits per heavy atom. The minimum Gasteiger partial charge on any atom is -0.369 e. The zero-order valence-corrected chi connectivity index (χ0v) is 41.4. The Morgan fingerprint density at radius 3 is 1.27 bits per heavy atom. The molecule has 0 unspecified atom stereocenters. The molecule has 3 aromatic carbocycles. The highest BCUT2D eigenvalue weighted by atomic mass is 79.9. The van der Waals surface area contributed by atoms with Crippen molar-refractivity contribution in [3.8, 4) is 0 Å². The van der Waals surface area contributed by atoms with E-state index in [1.807, 2.05) is 26.0 Å². The van der Waals surface area contributed by atoms with Gasteiger partial charge < -0.3 is 30.9 Å². The summed E-state index contributed by atoms with van der Waals surface area (Å²) in [6.45, 7) is 0. The lowest BCUT2D eigenvalue weighted by Crippen LogP contribution is -2.09. The van der Waals surface area contributed by atoms with Gasteiger partial charge in [-0.3, -0.25) is 0 Å². The van der Waals surface area contributed by atoms with E-state index < -0.39 is 0 Å². The molecule has 0 saturated heterocycles. The maximum atomic E-state index is 5.59. The van der Waals surface area contributed by atoms with Crippen molar-refractivity contribution in [1.29, 1.82) is 0 Å². The molecule has 0 amide bonds. The van der Waals surface area contributed by atoms with Crippen molar-refractivity contribution in [3.63, 3.8) is 0 Å². The van der Waals surface area contributed by atoms with Crippen molar-refractivity contribution in [3.05, 3.63) is 53.7 Å². The van der Waals surface area contributed by atoms with E-state index in [9.17, 15) is 0 Å². The number of nitrogens with zero attached hydrogens (tertiary/aromatic N) is 4. The summed E-state index contributed by atoms with van der Waals surface area (Å²) in [5.74, 6) is 1.95. The number of nitrogens with two attached hydrogens (primary N) is 1. The lowest BCUT2D eigenvalue weighted by molar-refractivity contribution is 1.05. The lowest BCUT2D eigenvalue weighted by atomic mass is 10.3. The van der Waals surface area contributed by atoms with Gasteiger partial charge in [0.05, 0.1) is 43.4 Å². The second-order valence-corrected chi connectivity index (χ2v) is 18.4. The number of anilines is 3. The predicted octanol–water partition coefficient (Wildman–Crippen LogP) is 13.5. The van der Waals surface area contributed by atoms with Gasteiger partial charge in [-0.1, -0.05) is 0 Å².